The highest BCUT2D eigenvalue weighted by Gasteiger charge is 2.25. The molecule has 0 saturated heterocycles. The summed E-state index contributed by atoms with van der Waals surface area (Å²) in [6.07, 6.45) is 2.83. The second kappa shape index (κ2) is 7.26. The number of thiazole rings is 1. The molecule has 1 aliphatic carbocycles. The maximum absolute atomic E-state index is 12.3. The first kappa shape index (κ1) is 17.5. The van der Waals surface area contributed by atoms with Gasteiger partial charge in [-0.25, -0.2) is 0 Å². The number of hydrogen-bond donors (Lipinski definition) is 0. The van der Waals surface area contributed by atoms with Crippen molar-refractivity contribution < 1.29 is 23.8 Å². The molecule has 1 fully saturated rings. The molecule has 0 radical (unpaired) electrons. The predicted octanol–water partition coefficient (Wildman–Crippen LogP) is 2.12. The van der Waals surface area contributed by atoms with E-state index >= 15 is 0 Å². The normalized spacial score (nSPS) is 15.1. The van der Waals surface area contributed by atoms with Gasteiger partial charge in [0.2, 0.25) is 0 Å². The van der Waals surface area contributed by atoms with Crippen molar-refractivity contribution in [3.63, 3.8) is 0 Å². The van der Waals surface area contributed by atoms with Crippen molar-refractivity contribution in [3.8, 4) is 11.5 Å². The fourth-order valence-corrected chi connectivity index (χ4v) is 3.71. The van der Waals surface area contributed by atoms with Crippen molar-refractivity contribution in [1.82, 2.24) is 4.57 Å². The van der Waals surface area contributed by atoms with E-state index in [2.05, 4.69) is 4.99 Å². The van der Waals surface area contributed by atoms with E-state index in [4.69, 9.17) is 14.2 Å². The van der Waals surface area contributed by atoms with Crippen LogP contribution in [0.4, 0.5) is 0 Å². The highest BCUT2D eigenvalue weighted by molar-refractivity contribution is 7.16. The number of aromatic nitrogens is 1. The predicted molar refractivity (Wildman–Crippen MR) is 92.8 cm³/mol. The lowest BCUT2D eigenvalue weighted by Crippen LogP contribution is -2.26. The Kier molecular flexibility index (Phi) is 5.08. The average Bonchev–Trinajstić information content (AvgIpc) is 2.87. The minimum atomic E-state index is -0.410. The van der Waals surface area contributed by atoms with Crippen molar-refractivity contribution in [2.75, 3.05) is 21.3 Å². The van der Waals surface area contributed by atoms with Crippen molar-refractivity contribution >= 4 is 33.4 Å². The molecule has 0 aliphatic heterocycles. The number of carbonyl (C=O) groups excluding carboxylic acids is 2. The Morgan fingerprint density at radius 1 is 1.20 bits per heavy atom. The van der Waals surface area contributed by atoms with Gasteiger partial charge in [-0.15, -0.1) is 0 Å². The molecular weight excluding hydrogens is 344 g/mol. The van der Waals surface area contributed by atoms with Gasteiger partial charge in [-0.2, -0.15) is 4.99 Å². The van der Waals surface area contributed by atoms with Gasteiger partial charge >= 0.3 is 5.97 Å². The molecule has 7 nitrogen and oxygen atoms in total. The molecule has 0 N–H and O–H groups in total. The van der Waals surface area contributed by atoms with Crippen LogP contribution in [0.1, 0.15) is 19.3 Å². The van der Waals surface area contributed by atoms with E-state index in [1.807, 2.05) is 6.07 Å². The number of benzene rings is 1. The third-order valence-corrected chi connectivity index (χ3v) is 5.40. The first-order chi connectivity index (χ1) is 12.1. The Hall–Kier alpha value is -2.35. The molecule has 2 aromatic rings. The summed E-state index contributed by atoms with van der Waals surface area (Å²) < 4.78 is 18.0. The number of rotatable bonds is 5. The summed E-state index contributed by atoms with van der Waals surface area (Å²) in [5.41, 5.74) is 0.744. The monoisotopic (exact) mass is 364 g/mol. The molecule has 0 spiro atoms. The van der Waals surface area contributed by atoms with E-state index in [1.165, 1.54) is 18.4 Å². The topological polar surface area (TPSA) is 79.1 Å². The first-order valence-corrected chi connectivity index (χ1v) is 8.79. The molecule has 1 aliphatic rings. The van der Waals surface area contributed by atoms with Gasteiger partial charge in [-0.3, -0.25) is 9.59 Å². The Morgan fingerprint density at radius 3 is 2.44 bits per heavy atom. The lowest BCUT2D eigenvalue weighted by molar-refractivity contribution is -0.141. The summed E-state index contributed by atoms with van der Waals surface area (Å²) in [4.78, 5) is 28.9. The summed E-state index contributed by atoms with van der Waals surface area (Å²) in [6, 6.07) is 3.60. The summed E-state index contributed by atoms with van der Waals surface area (Å²) in [6.45, 7) is -0.0250. The number of ether oxygens (including phenoxy) is 3. The number of methoxy groups -OCH3 is 3. The van der Waals surface area contributed by atoms with E-state index < -0.39 is 5.97 Å². The maximum Gasteiger partial charge on any atom is 0.325 e. The van der Waals surface area contributed by atoms with Gasteiger partial charge in [0.1, 0.15) is 6.54 Å². The number of hydrogen-bond acceptors (Lipinski definition) is 6. The van der Waals surface area contributed by atoms with Gasteiger partial charge in [0, 0.05) is 18.1 Å². The van der Waals surface area contributed by atoms with Crippen molar-refractivity contribution in [3.05, 3.63) is 16.9 Å². The molecule has 3 rings (SSSR count). The van der Waals surface area contributed by atoms with Crippen LogP contribution in [0, 0.1) is 5.92 Å². The summed E-state index contributed by atoms with van der Waals surface area (Å²) >= 11 is 1.34. The zero-order chi connectivity index (χ0) is 18.0. The van der Waals surface area contributed by atoms with Crippen LogP contribution in [-0.2, 0) is 20.9 Å². The van der Waals surface area contributed by atoms with Gasteiger partial charge in [0.05, 0.1) is 31.5 Å². The summed E-state index contributed by atoms with van der Waals surface area (Å²) in [5.74, 6) is 0.588. The van der Waals surface area contributed by atoms with E-state index in [9.17, 15) is 9.59 Å². The number of carbonyl (C=O) groups is 2. The molecule has 1 amide bonds. The largest absolute Gasteiger partial charge is 0.493 e. The smallest absolute Gasteiger partial charge is 0.325 e. The van der Waals surface area contributed by atoms with Crippen molar-refractivity contribution in [1.29, 1.82) is 0 Å². The highest BCUT2D eigenvalue weighted by Crippen LogP contribution is 2.33. The van der Waals surface area contributed by atoms with E-state index in [1.54, 1.807) is 24.9 Å². The number of fused-ring (bicyclic) bond motifs is 1. The van der Waals surface area contributed by atoms with Crippen LogP contribution in [0.2, 0.25) is 0 Å². The number of nitrogens with zero attached hydrogens (tertiary/aromatic N) is 2. The second-order valence-electron chi connectivity index (χ2n) is 5.80. The van der Waals surface area contributed by atoms with Crippen LogP contribution in [-0.4, -0.2) is 37.8 Å². The standard InChI is InChI=1S/C17H20N2O5S/c1-22-12-7-11-14(8-13(12)23-2)25-17(19(11)9-15(20)24-3)18-16(21)10-5-4-6-10/h7-8,10H,4-6,9H2,1-3H3. The maximum atomic E-state index is 12.3. The molecule has 8 heteroatoms. The first-order valence-electron chi connectivity index (χ1n) is 7.98. The van der Waals surface area contributed by atoms with Crippen LogP contribution in [0.3, 0.4) is 0 Å². The zero-order valence-corrected chi connectivity index (χ0v) is 15.2. The molecule has 1 heterocycles. The van der Waals surface area contributed by atoms with Crippen molar-refractivity contribution in [2.45, 2.75) is 25.8 Å². The van der Waals surface area contributed by atoms with Crippen LogP contribution < -0.4 is 14.3 Å². The third kappa shape index (κ3) is 3.39. The molecule has 1 saturated carbocycles. The van der Waals surface area contributed by atoms with Gasteiger partial charge < -0.3 is 18.8 Å². The van der Waals surface area contributed by atoms with E-state index in [0.717, 1.165) is 29.5 Å². The molecule has 0 bridgehead atoms. The van der Waals surface area contributed by atoms with Crippen LogP contribution in [0.25, 0.3) is 10.2 Å². The van der Waals surface area contributed by atoms with Gasteiger partial charge in [-0.1, -0.05) is 17.8 Å². The Bertz CT molecular complexity index is 879. The summed E-state index contributed by atoms with van der Waals surface area (Å²) in [7, 11) is 4.44. The molecule has 0 atom stereocenters. The van der Waals surface area contributed by atoms with Gasteiger partial charge in [-0.05, 0) is 12.8 Å². The van der Waals surface area contributed by atoms with E-state index in [0.29, 0.717) is 16.3 Å². The quantitative estimate of drug-likeness (QED) is 0.760. The minimum Gasteiger partial charge on any atom is -0.493 e. The molecular formula is C17H20N2O5S. The second-order valence-corrected chi connectivity index (χ2v) is 6.81. The fraction of sp³-hybridized carbons (Fsp3) is 0.471. The average molecular weight is 364 g/mol. The number of esters is 1. The lowest BCUT2D eigenvalue weighted by Gasteiger charge is -2.20. The minimum absolute atomic E-state index is 0.000797. The molecule has 0 unspecified atom stereocenters. The molecule has 25 heavy (non-hydrogen) atoms. The van der Waals surface area contributed by atoms with Gasteiger partial charge in [0.25, 0.3) is 5.91 Å². The zero-order valence-electron chi connectivity index (χ0n) is 14.4. The Balaban J connectivity index is 2.16. The Morgan fingerprint density at radius 2 is 1.88 bits per heavy atom. The number of amides is 1. The third-order valence-electron chi connectivity index (χ3n) is 4.36. The van der Waals surface area contributed by atoms with Gasteiger partial charge in [0.15, 0.2) is 16.3 Å². The van der Waals surface area contributed by atoms with Crippen LogP contribution >= 0.6 is 11.3 Å². The fourth-order valence-electron chi connectivity index (χ4n) is 2.67. The Labute approximate surface area is 148 Å². The molecule has 134 valence electrons. The molecule has 1 aromatic carbocycles. The summed E-state index contributed by atoms with van der Waals surface area (Å²) in [5, 5.41) is 0. The highest BCUT2D eigenvalue weighted by atomic mass is 32.1. The van der Waals surface area contributed by atoms with Crippen LogP contribution in [0.15, 0.2) is 17.1 Å². The van der Waals surface area contributed by atoms with Crippen molar-refractivity contribution in [2.24, 2.45) is 10.9 Å². The lowest BCUT2D eigenvalue weighted by atomic mass is 9.85. The van der Waals surface area contributed by atoms with E-state index in [-0.39, 0.29) is 18.4 Å². The van der Waals surface area contributed by atoms with Crippen LogP contribution in [0.5, 0.6) is 11.5 Å². The molecule has 1 aromatic heterocycles. The SMILES string of the molecule is COC(=O)Cn1c(=NC(=O)C2CCC2)sc2cc(OC)c(OC)cc21.